The smallest absolute Gasteiger partial charge is 0.322 e. The first kappa shape index (κ1) is 14.4. The maximum atomic E-state index is 12.7. The standard InChI is InChI=1S/C18H26N2O/c21-18(19-16-11-3-1-2-4-12-16)20-14-8-7-10-15-9-5-6-13-17(15)20/h5-6,9,13,16H,1-4,7-8,10-12,14H2,(H,19,21). The first-order chi connectivity index (χ1) is 10.3. The van der Waals surface area contributed by atoms with Crippen LogP contribution in [0.25, 0.3) is 0 Å². The lowest BCUT2D eigenvalue weighted by Gasteiger charge is -2.26. The molecule has 2 aliphatic rings. The summed E-state index contributed by atoms with van der Waals surface area (Å²) in [5, 5.41) is 3.28. The van der Waals surface area contributed by atoms with Gasteiger partial charge in [-0.2, -0.15) is 0 Å². The minimum absolute atomic E-state index is 0.108. The Balaban J connectivity index is 1.71. The molecule has 0 unspecified atom stereocenters. The van der Waals surface area contributed by atoms with Crippen molar-refractivity contribution in [3.05, 3.63) is 29.8 Å². The van der Waals surface area contributed by atoms with Crippen LogP contribution in [0.15, 0.2) is 24.3 Å². The number of nitrogens with zero attached hydrogens (tertiary/aromatic N) is 1. The Morgan fingerprint density at radius 3 is 2.57 bits per heavy atom. The van der Waals surface area contributed by atoms with Crippen LogP contribution in [-0.2, 0) is 6.42 Å². The summed E-state index contributed by atoms with van der Waals surface area (Å²) < 4.78 is 0. The predicted molar refractivity (Wildman–Crippen MR) is 86.7 cm³/mol. The second kappa shape index (κ2) is 6.97. The van der Waals surface area contributed by atoms with Crippen molar-refractivity contribution in [2.75, 3.05) is 11.4 Å². The topological polar surface area (TPSA) is 32.3 Å². The van der Waals surface area contributed by atoms with Gasteiger partial charge in [-0.05, 0) is 43.7 Å². The minimum Gasteiger partial charge on any atom is -0.335 e. The summed E-state index contributed by atoms with van der Waals surface area (Å²) in [4.78, 5) is 14.7. The molecule has 0 radical (unpaired) electrons. The van der Waals surface area contributed by atoms with Gasteiger partial charge in [-0.1, -0.05) is 43.9 Å². The maximum absolute atomic E-state index is 12.7. The lowest BCUT2D eigenvalue weighted by Crippen LogP contribution is -2.45. The molecule has 0 spiro atoms. The van der Waals surface area contributed by atoms with Gasteiger partial charge in [0.2, 0.25) is 0 Å². The van der Waals surface area contributed by atoms with Crippen molar-refractivity contribution in [3.8, 4) is 0 Å². The molecule has 1 aromatic rings. The number of urea groups is 1. The highest BCUT2D eigenvalue weighted by molar-refractivity contribution is 5.93. The van der Waals surface area contributed by atoms with E-state index in [0.717, 1.165) is 37.9 Å². The molecule has 0 atom stereocenters. The van der Waals surface area contributed by atoms with Crippen LogP contribution in [-0.4, -0.2) is 18.6 Å². The number of hydrogen-bond acceptors (Lipinski definition) is 1. The summed E-state index contributed by atoms with van der Waals surface area (Å²) in [5.41, 5.74) is 2.42. The zero-order valence-electron chi connectivity index (χ0n) is 12.8. The molecule has 1 saturated carbocycles. The average Bonchev–Trinajstić information content (AvgIpc) is 2.87. The van der Waals surface area contributed by atoms with Crippen molar-refractivity contribution < 1.29 is 4.79 Å². The molecule has 1 aromatic carbocycles. The number of para-hydroxylation sites is 1. The van der Waals surface area contributed by atoms with Gasteiger partial charge in [-0.3, -0.25) is 4.90 Å². The third-order valence-electron chi connectivity index (χ3n) is 4.79. The number of benzene rings is 1. The Bertz CT molecular complexity index is 478. The zero-order chi connectivity index (χ0) is 14.5. The van der Waals surface area contributed by atoms with Crippen molar-refractivity contribution in [3.63, 3.8) is 0 Å². The molecule has 114 valence electrons. The molecule has 21 heavy (non-hydrogen) atoms. The van der Waals surface area contributed by atoms with Gasteiger partial charge < -0.3 is 5.32 Å². The number of carbonyl (C=O) groups excluding carboxylic acids is 1. The summed E-state index contributed by atoms with van der Waals surface area (Å²) in [6.07, 6.45) is 10.8. The van der Waals surface area contributed by atoms with E-state index >= 15 is 0 Å². The second-order valence-electron chi connectivity index (χ2n) is 6.38. The molecule has 3 rings (SSSR count). The summed E-state index contributed by atoms with van der Waals surface area (Å²) >= 11 is 0. The van der Waals surface area contributed by atoms with Gasteiger partial charge in [0.15, 0.2) is 0 Å². The molecule has 2 amide bonds. The van der Waals surface area contributed by atoms with Crippen LogP contribution >= 0.6 is 0 Å². The normalized spacial score (nSPS) is 20.3. The monoisotopic (exact) mass is 286 g/mol. The summed E-state index contributed by atoms with van der Waals surface area (Å²) in [6.45, 7) is 0.843. The summed E-state index contributed by atoms with van der Waals surface area (Å²) in [6, 6.07) is 8.84. The van der Waals surface area contributed by atoms with Crippen molar-refractivity contribution in [1.29, 1.82) is 0 Å². The van der Waals surface area contributed by atoms with Crippen LogP contribution in [0.5, 0.6) is 0 Å². The third kappa shape index (κ3) is 3.58. The number of hydrogen-bond donors (Lipinski definition) is 1. The number of carbonyl (C=O) groups is 1. The number of nitrogens with one attached hydrogen (secondary N) is 1. The fourth-order valence-corrected chi connectivity index (χ4v) is 3.58. The quantitative estimate of drug-likeness (QED) is 0.769. The van der Waals surface area contributed by atoms with E-state index in [2.05, 4.69) is 23.5 Å². The fourth-order valence-electron chi connectivity index (χ4n) is 3.58. The zero-order valence-corrected chi connectivity index (χ0v) is 12.8. The Morgan fingerprint density at radius 1 is 1.00 bits per heavy atom. The van der Waals surface area contributed by atoms with Crippen LogP contribution in [0.3, 0.4) is 0 Å². The highest BCUT2D eigenvalue weighted by atomic mass is 16.2. The fraction of sp³-hybridized carbons (Fsp3) is 0.611. The number of fused-ring (bicyclic) bond motifs is 1. The molecule has 1 heterocycles. The van der Waals surface area contributed by atoms with Gasteiger partial charge in [-0.25, -0.2) is 4.79 Å². The van der Waals surface area contributed by atoms with Crippen molar-refractivity contribution in [2.24, 2.45) is 0 Å². The van der Waals surface area contributed by atoms with Gasteiger partial charge in [0, 0.05) is 18.3 Å². The highest BCUT2D eigenvalue weighted by Gasteiger charge is 2.23. The van der Waals surface area contributed by atoms with Crippen molar-refractivity contribution >= 4 is 11.7 Å². The number of rotatable bonds is 1. The first-order valence-corrected chi connectivity index (χ1v) is 8.50. The van der Waals surface area contributed by atoms with E-state index in [9.17, 15) is 4.79 Å². The molecule has 1 aliphatic carbocycles. The molecule has 1 aliphatic heterocycles. The molecule has 0 aromatic heterocycles. The Kier molecular flexibility index (Phi) is 4.79. The minimum atomic E-state index is 0.108. The van der Waals surface area contributed by atoms with Crippen LogP contribution in [0, 0.1) is 0 Å². The number of amides is 2. The van der Waals surface area contributed by atoms with Crippen molar-refractivity contribution in [2.45, 2.75) is 63.8 Å². The molecule has 0 bridgehead atoms. The van der Waals surface area contributed by atoms with Crippen LogP contribution < -0.4 is 10.2 Å². The Labute approximate surface area is 127 Å². The largest absolute Gasteiger partial charge is 0.335 e. The molecule has 1 fully saturated rings. The second-order valence-corrected chi connectivity index (χ2v) is 6.38. The SMILES string of the molecule is O=C(NC1CCCCCC1)N1CCCCc2ccccc21. The third-order valence-corrected chi connectivity index (χ3v) is 4.79. The van der Waals surface area contributed by atoms with E-state index in [0.29, 0.717) is 6.04 Å². The van der Waals surface area contributed by atoms with Crippen molar-refractivity contribution in [1.82, 2.24) is 5.32 Å². The van der Waals surface area contributed by atoms with Gasteiger partial charge >= 0.3 is 6.03 Å². The summed E-state index contributed by atoms with van der Waals surface area (Å²) in [7, 11) is 0. The van der Waals surface area contributed by atoms with Gasteiger partial charge in [0.1, 0.15) is 0 Å². The molecular weight excluding hydrogens is 260 g/mol. The van der Waals surface area contributed by atoms with E-state index in [-0.39, 0.29) is 6.03 Å². The molecule has 1 N–H and O–H groups in total. The molecule has 3 nitrogen and oxygen atoms in total. The van der Waals surface area contributed by atoms with Crippen LogP contribution in [0.1, 0.15) is 56.9 Å². The van der Waals surface area contributed by atoms with E-state index in [1.165, 1.54) is 37.7 Å². The first-order valence-electron chi connectivity index (χ1n) is 8.50. The number of anilines is 1. The lowest BCUT2D eigenvalue weighted by atomic mass is 10.1. The summed E-state index contributed by atoms with van der Waals surface area (Å²) in [5.74, 6) is 0. The predicted octanol–water partition coefficient (Wildman–Crippen LogP) is 4.26. The Morgan fingerprint density at radius 2 is 1.76 bits per heavy atom. The lowest BCUT2D eigenvalue weighted by molar-refractivity contribution is 0.241. The van der Waals surface area contributed by atoms with Gasteiger partial charge in [0.25, 0.3) is 0 Å². The highest BCUT2D eigenvalue weighted by Crippen LogP contribution is 2.26. The van der Waals surface area contributed by atoms with E-state index in [4.69, 9.17) is 0 Å². The van der Waals surface area contributed by atoms with E-state index in [1.807, 2.05) is 11.0 Å². The van der Waals surface area contributed by atoms with Gasteiger partial charge in [-0.15, -0.1) is 0 Å². The van der Waals surface area contributed by atoms with Crippen LogP contribution in [0.2, 0.25) is 0 Å². The van der Waals surface area contributed by atoms with E-state index < -0.39 is 0 Å². The van der Waals surface area contributed by atoms with E-state index in [1.54, 1.807) is 0 Å². The maximum Gasteiger partial charge on any atom is 0.322 e. The average molecular weight is 286 g/mol. The Hall–Kier alpha value is -1.51. The van der Waals surface area contributed by atoms with Crippen LogP contribution in [0.4, 0.5) is 10.5 Å². The van der Waals surface area contributed by atoms with Gasteiger partial charge in [0.05, 0.1) is 0 Å². The number of aryl methyl sites for hydroxylation is 1. The molecule has 0 saturated heterocycles. The molecule has 3 heteroatoms. The molecular formula is C18H26N2O.